The van der Waals surface area contributed by atoms with E-state index in [2.05, 4.69) is 9.47 Å². The highest BCUT2D eigenvalue weighted by atomic mass is 16.6. The molecule has 0 aliphatic heterocycles. The van der Waals surface area contributed by atoms with Crippen LogP contribution in [0.1, 0.15) is 52.4 Å². The monoisotopic (exact) mass is 496 g/mol. The van der Waals surface area contributed by atoms with Crippen molar-refractivity contribution in [3.63, 3.8) is 0 Å². The van der Waals surface area contributed by atoms with Gasteiger partial charge in [0, 0.05) is 12.8 Å². The van der Waals surface area contributed by atoms with Gasteiger partial charge in [0.1, 0.15) is 0 Å². The molecular formula is C18H24O16. The number of ether oxygens (including phenoxy) is 2. The van der Waals surface area contributed by atoms with Crippen LogP contribution in [0.5, 0.6) is 0 Å². The van der Waals surface area contributed by atoms with Crippen molar-refractivity contribution < 1.29 is 78.5 Å². The molecule has 0 spiro atoms. The summed E-state index contributed by atoms with van der Waals surface area (Å²) in [6.07, 6.45) is -5.78. The van der Waals surface area contributed by atoms with Crippen molar-refractivity contribution in [3.05, 3.63) is 0 Å². The Labute approximate surface area is 190 Å². The molecule has 192 valence electrons. The molecule has 2 atom stereocenters. The summed E-state index contributed by atoms with van der Waals surface area (Å²) in [5.41, 5.74) is -6.25. The molecule has 0 amide bonds. The van der Waals surface area contributed by atoms with Gasteiger partial charge in [0.05, 0.1) is 25.7 Å². The van der Waals surface area contributed by atoms with Gasteiger partial charge in [0.15, 0.2) is 11.2 Å². The molecule has 0 aromatic heterocycles. The van der Waals surface area contributed by atoms with Gasteiger partial charge < -0.3 is 40.1 Å². The lowest BCUT2D eigenvalue weighted by Crippen LogP contribution is -2.45. The molecule has 6 N–H and O–H groups in total. The van der Waals surface area contributed by atoms with E-state index < -0.39 is 84.6 Å². The second kappa shape index (κ2) is 14.3. The summed E-state index contributed by atoms with van der Waals surface area (Å²) < 4.78 is 8.23. The van der Waals surface area contributed by atoms with E-state index in [1.807, 2.05) is 0 Å². The van der Waals surface area contributed by atoms with Crippen molar-refractivity contribution in [3.8, 4) is 0 Å². The van der Waals surface area contributed by atoms with Crippen LogP contribution in [0.2, 0.25) is 0 Å². The number of aliphatic carboxylic acids is 4. The van der Waals surface area contributed by atoms with E-state index in [0.29, 0.717) is 0 Å². The number of esters is 4. The fourth-order valence-electron chi connectivity index (χ4n) is 1.83. The first-order chi connectivity index (χ1) is 15.4. The summed E-state index contributed by atoms with van der Waals surface area (Å²) in [6, 6.07) is 0. The fraction of sp³-hybridized carbons (Fsp3) is 0.556. The van der Waals surface area contributed by atoms with Gasteiger partial charge in [-0.05, 0) is 0 Å². The first kappa shape index (κ1) is 32.3. The Morgan fingerprint density at radius 3 is 1.06 bits per heavy atom. The molecule has 0 saturated carbocycles. The maximum atomic E-state index is 11.7. The standard InChI is InChI=1S/C15H18O14.C3H6O2/c1-2-8(18)28-9(19)5-15(27,13(24)25)6-11(21)29-10(20)4-14(26,12(22)23)3-7(16)17;1-2-3(4)5/h26-27H,2-6H2,1H3,(H,16,17)(H,22,23)(H,24,25);2H2,1H3,(H,4,5). The second-order valence-corrected chi connectivity index (χ2v) is 6.57. The highest BCUT2D eigenvalue weighted by Crippen LogP contribution is 2.20. The lowest BCUT2D eigenvalue weighted by Gasteiger charge is -2.22. The first-order valence-electron chi connectivity index (χ1n) is 9.24. The number of carboxylic acid groups (broad SMARTS) is 4. The topological polar surface area (TPSA) is 276 Å². The molecule has 0 aromatic carbocycles. The molecule has 0 fully saturated rings. The Morgan fingerprint density at radius 2 is 0.824 bits per heavy atom. The van der Waals surface area contributed by atoms with Gasteiger partial charge in [-0.15, -0.1) is 0 Å². The predicted molar refractivity (Wildman–Crippen MR) is 102 cm³/mol. The highest BCUT2D eigenvalue weighted by Gasteiger charge is 2.45. The maximum absolute atomic E-state index is 11.7. The summed E-state index contributed by atoms with van der Waals surface area (Å²) >= 11 is 0. The number of hydrogen-bond donors (Lipinski definition) is 6. The van der Waals surface area contributed by atoms with Crippen molar-refractivity contribution in [2.45, 2.75) is 63.6 Å². The zero-order valence-corrected chi connectivity index (χ0v) is 18.0. The van der Waals surface area contributed by atoms with Crippen LogP contribution in [0.25, 0.3) is 0 Å². The predicted octanol–water partition coefficient (Wildman–Crippen LogP) is -1.71. The van der Waals surface area contributed by atoms with E-state index >= 15 is 0 Å². The number of aliphatic hydroxyl groups is 2. The molecule has 0 saturated heterocycles. The summed E-state index contributed by atoms with van der Waals surface area (Å²) in [6.45, 7) is 2.92. The van der Waals surface area contributed by atoms with E-state index in [-0.39, 0.29) is 12.8 Å². The number of rotatable bonds is 12. The molecule has 0 radical (unpaired) electrons. The molecule has 0 aromatic rings. The smallest absolute Gasteiger partial charge is 0.336 e. The Hall–Kier alpha value is -3.92. The van der Waals surface area contributed by atoms with Gasteiger partial charge in [-0.25, -0.2) is 9.59 Å². The molecule has 16 nitrogen and oxygen atoms in total. The fourth-order valence-corrected chi connectivity index (χ4v) is 1.83. The van der Waals surface area contributed by atoms with Crippen LogP contribution in [0.4, 0.5) is 0 Å². The van der Waals surface area contributed by atoms with Gasteiger partial charge in [-0.1, -0.05) is 13.8 Å². The minimum atomic E-state index is -3.13. The van der Waals surface area contributed by atoms with Gasteiger partial charge in [-0.3, -0.25) is 28.8 Å². The maximum Gasteiger partial charge on any atom is 0.336 e. The van der Waals surface area contributed by atoms with E-state index in [1.54, 1.807) is 6.92 Å². The summed E-state index contributed by atoms with van der Waals surface area (Å²) in [7, 11) is 0. The second-order valence-electron chi connectivity index (χ2n) is 6.57. The SMILES string of the molecule is CCC(=O)O.CCC(=O)OC(=O)CC(O)(CC(=O)OC(=O)CC(O)(CC(=O)O)C(=O)O)C(=O)O. The first-order valence-corrected chi connectivity index (χ1v) is 9.24. The van der Waals surface area contributed by atoms with E-state index in [0.717, 1.165) is 0 Å². The Kier molecular flexibility index (Phi) is 13.5. The molecule has 2 unspecified atom stereocenters. The summed E-state index contributed by atoms with van der Waals surface area (Å²) in [4.78, 5) is 87.8. The Morgan fingerprint density at radius 1 is 0.529 bits per heavy atom. The molecule has 0 rings (SSSR count). The number of carbonyl (C=O) groups is 8. The molecule has 0 aliphatic carbocycles. The van der Waals surface area contributed by atoms with Crippen molar-refractivity contribution >= 4 is 47.8 Å². The Balaban J connectivity index is 0. The third kappa shape index (κ3) is 12.8. The zero-order valence-electron chi connectivity index (χ0n) is 18.0. The van der Waals surface area contributed by atoms with Crippen LogP contribution in [-0.2, 0) is 47.8 Å². The van der Waals surface area contributed by atoms with Crippen molar-refractivity contribution in [2.24, 2.45) is 0 Å². The normalized spacial score (nSPS) is 13.5. The average Bonchev–Trinajstić information content (AvgIpc) is 2.66. The minimum absolute atomic E-state index is 0.222. The van der Waals surface area contributed by atoms with Gasteiger partial charge in [0.2, 0.25) is 0 Å². The van der Waals surface area contributed by atoms with Crippen LogP contribution < -0.4 is 0 Å². The van der Waals surface area contributed by atoms with Crippen molar-refractivity contribution in [1.29, 1.82) is 0 Å². The zero-order chi connectivity index (χ0) is 27.3. The van der Waals surface area contributed by atoms with Crippen LogP contribution in [0.3, 0.4) is 0 Å². The van der Waals surface area contributed by atoms with Crippen molar-refractivity contribution in [1.82, 2.24) is 0 Å². The molecular weight excluding hydrogens is 472 g/mol. The van der Waals surface area contributed by atoms with E-state index in [1.165, 1.54) is 6.92 Å². The molecule has 0 heterocycles. The quantitative estimate of drug-likeness (QED) is 0.130. The van der Waals surface area contributed by atoms with Crippen molar-refractivity contribution in [2.75, 3.05) is 0 Å². The van der Waals surface area contributed by atoms with Crippen LogP contribution in [0.15, 0.2) is 0 Å². The largest absolute Gasteiger partial charge is 0.481 e. The van der Waals surface area contributed by atoms with Gasteiger partial charge >= 0.3 is 47.8 Å². The summed E-state index contributed by atoms with van der Waals surface area (Å²) in [5.74, 6) is -12.7. The Bertz CT molecular complexity index is 830. The summed E-state index contributed by atoms with van der Waals surface area (Å²) in [5, 5.41) is 53.7. The number of carbonyl (C=O) groups excluding carboxylic acids is 4. The molecule has 34 heavy (non-hydrogen) atoms. The third-order valence-electron chi connectivity index (χ3n) is 3.60. The molecule has 0 aliphatic rings. The van der Waals surface area contributed by atoms with Gasteiger partial charge in [-0.2, -0.15) is 0 Å². The minimum Gasteiger partial charge on any atom is -0.481 e. The van der Waals surface area contributed by atoms with Crippen LogP contribution >= 0.6 is 0 Å². The van der Waals surface area contributed by atoms with Crippen LogP contribution in [0, 0.1) is 0 Å². The van der Waals surface area contributed by atoms with Crippen LogP contribution in [-0.4, -0.2) is 89.6 Å². The van der Waals surface area contributed by atoms with E-state index in [9.17, 15) is 48.6 Å². The lowest BCUT2D eigenvalue weighted by molar-refractivity contribution is -0.180. The molecule has 0 bridgehead atoms. The highest BCUT2D eigenvalue weighted by molar-refractivity contribution is 5.95. The number of carboxylic acids is 4. The average molecular weight is 496 g/mol. The third-order valence-corrected chi connectivity index (χ3v) is 3.60. The molecule has 16 heteroatoms. The lowest BCUT2D eigenvalue weighted by atomic mass is 9.95. The van der Waals surface area contributed by atoms with E-state index in [4.69, 9.17) is 20.4 Å². The number of hydrogen-bond acceptors (Lipinski definition) is 12. The van der Waals surface area contributed by atoms with Gasteiger partial charge in [0.25, 0.3) is 0 Å².